The summed E-state index contributed by atoms with van der Waals surface area (Å²) in [4.78, 5) is 22.6. The molecule has 118 valence electrons. The Balaban J connectivity index is 2.21. The van der Waals surface area contributed by atoms with Crippen LogP contribution in [0.4, 0.5) is 5.69 Å². The van der Waals surface area contributed by atoms with E-state index >= 15 is 0 Å². The fourth-order valence-electron chi connectivity index (χ4n) is 2.04. The second-order valence-electron chi connectivity index (χ2n) is 4.86. The molecule has 0 heterocycles. The van der Waals surface area contributed by atoms with E-state index in [4.69, 9.17) is 0 Å². The first-order valence-electron chi connectivity index (χ1n) is 6.74. The molecule has 1 amide bonds. The van der Waals surface area contributed by atoms with Crippen LogP contribution >= 0.6 is 22.6 Å². The van der Waals surface area contributed by atoms with Gasteiger partial charge in [0.2, 0.25) is 0 Å². The minimum Gasteiger partial charge on any atom is -0.267 e. The lowest BCUT2D eigenvalue weighted by Gasteiger charge is -2.06. The van der Waals surface area contributed by atoms with Crippen LogP contribution in [0.3, 0.4) is 0 Å². The number of nitro benzene ring substituents is 1. The predicted octanol–water partition coefficient (Wildman–Crippen LogP) is 3.66. The fourth-order valence-corrected chi connectivity index (χ4v) is 2.58. The molecule has 1 N–H and O–H groups in total. The van der Waals surface area contributed by atoms with Crippen molar-refractivity contribution in [3.05, 3.63) is 72.8 Å². The number of benzene rings is 2. The van der Waals surface area contributed by atoms with Crippen molar-refractivity contribution in [2.75, 3.05) is 0 Å². The van der Waals surface area contributed by atoms with E-state index in [9.17, 15) is 14.9 Å². The lowest BCUT2D eigenvalue weighted by Crippen LogP contribution is -2.20. The zero-order chi connectivity index (χ0) is 17.0. The summed E-state index contributed by atoms with van der Waals surface area (Å²) in [5.41, 5.74) is 4.46. The van der Waals surface area contributed by atoms with Gasteiger partial charge in [-0.1, -0.05) is 18.2 Å². The molecule has 6 nitrogen and oxygen atoms in total. The van der Waals surface area contributed by atoms with Crippen molar-refractivity contribution in [3.8, 4) is 0 Å². The van der Waals surface area contributed by atoms with Crippen molar-refractivity contribution in [1.29, 1.82) is 0 Å². The monoisotopic (exact) mass is 423 g/mol. The Labute approximate surface area is 146 Å². The van der Waals surface area contributed by atoms with E-state index in [0.29, 0.717) is 11.3 Å². The Hall–Kier alpha value is -2.29. The van der Waals surface area contributed by atoms with Gasteiger partial charge in [-0.2, -0.15) is 5.10 Å². The summed E-state index contributed by atoms with van der Waals surface area (Å²) in [7, 11) is 0. The highest BCUT2D eigenvalue weighted by atomic mass is 127. The third-order valence-electron chi connectivity index (χ3n) is 3.31. The van der Waals surface area contributed by atoms with Gasteiger partial charge in [0.25, 0.3) is 11.6 Å². The van der Waals surface area contributed by atoms with Gasteiger partial charge in [-0.25, -0.2) is 5.43 Å². The Morgan fingerprint density at radius 2 is 1.96 bits per heavy atom. The fraction of sp³-hybridized carbons (Fsp3) is 0.125. The molecule has 0 fully saturated rings. The van der Waals surface area contributed by atoms with Crippen LogP contribution in [0, 0.1) is 20.6 Å². The van der Waals surface area contributed by atoms with Gasteiger partial charge < -0.3 is 0 Å². The zero-order valence-corrected chi connectivity index (χ0v) is 14.7. The molecule has 0 aliphatic carbocycles. The maximum Gasteiger partial charge on any atom is 0.273 e. The van der Waals surface area contributed by atoms with Crippen LogP contribution < -0.4 is 5.43 Å². The number of hydrogen-bond acceptors (Lipinski definition) is 4. The summed E-state index contributed by atoms with van der Waals surface area (Å²) in [6, 6.07) is 12.1. The number of hydrogen-bond donors (Lipinski definition) is 1. The van der Waals surface area contributed by atoms with Gasteiger partial charge in [0.1, 0.15) is 0 Å². The third kappa shape index (κ3) is 4.13. The Morgan fingerprint density at radius 1 is 1.26 bits per heavy atom. The molecule has 0 aliphatic heterocycles. The van der Waals surface area contributed by atoms with E-state index < -0.39 is 10.8 Å². The van der Waals surface area contributed by atoms with E-state index in [1.54, 1.807) is 13.8 Å². The number of halogens is 1. The second-order valence-corrected chi connectivity index (χ2v) is 6.10. The molecule has 2 aromatic rings. The topological polar surface area (TPSA) is 84.6 Å². The Bertz CT molecular complexity index is 803. The van der Waals surface area contributed by atoms with Gasteiger partial charge in [-0.15, -0.1) is 0 Å². The van der Waals surface area contributed by atoms with Crippen LogP contribution in [0.2, 0.25) is 0 Å². The number of amides is 1. The Morgan fingerprint density at radius 3 is 2.61 bits per heavy atom. The van der Waals surface area contributed by atoms with E-state index in [1.165, 1.54) is 18.2 Å². The van der Waals surface area contributed by atoms with Gasteiger partial charge in [0.15, 0.2) is 0 Å². The molecule has 2 aromatic carbocycles. The first kappa shape index (κ1) is 17.1. The number of carbonyl (C=O) groups is 1. The smallest absolute Gasteiger partial charge is 0.267 e. The molecule has 0 spiro atoms. The van der Waals surface area contributed by atoms with Gasteiger partial charge in [-0.3, -0.25) is 14.9 Å². The average Bonchev–Trinajstić information content (AvgIpc) is 2.52. The van der Waals surface area contributed by atoms with Crippen molar-refractivity contribution >= 4 is 39.9 Å². The van der Waals surface area contributed by atoms with Crippen LogP contribution in [-0.2, 0) is 0 Å². The second kappa shape index (κ2) is 7.32. The standard InChI is InChI=1S/C16H14IN3O3/c1-10-14(7-4-8-15(10)20(22)23)16(21)19-18-11(2)12-5-3-6-13(17)9-12/h3-9H,1-2H3,(H,19,21)/b18-11-. The number of carbonyl (C=O) groups excluding carboxylic acids is 1. The number of nitro groups is 1. The van der Waals surface area contributed by atoms with Crippen molar-refractivity contribution in [3.63, 3.8) is 0 Å². The van der Waals surface area contributed by atoms with Crippen LogP contribution in [0.25, 0.3) is 0 Å². The molecule has 0 unspecified atom stereocenters. The van der Waals surface area contributed by atoms with Crippen LogP contribution in [0.1, 0.15) is 28.4 Å². The molecule has 0 aromatic heterocycles. The first-order valence-corrected chi connectivity index (χ1v) is 7.82. The van der Waals surface area contributed by atoms with Crippen LogP contribution in [0.5, 0.6) is 0 Å². The quantitative estimate of drug-likeness (QED) is 0.353. The molecular weight excluding hydrogens is 409 g/mol. The molecule has 2 rings (SSSR count). The van der Waals surface area contributed by atoms with E-state index in [1.807, 2.05) is 24.3 Å². The summed E-state index contributed by atoms with van der Waals surface area (Å²) in [5, 5.41) is 15.0. The summed E-state index contributed by atoms with van der Waals surface area (Å²) >= 11 is 2.20. The average molecular weight is 423 g/mol. The highest BCUT2D eigenvalue weighted by molar-refractivity contribution is 14.1. The van der Waals surface area contributed by atoms with Crippen molar-refractivity contribution < 1.29 is 9.72 Å². The molecule has 0 radical (unpaired) electrons. The van der Waals surface area contributed by atoms with Crippen LogP contribution in [-0.4, -0.2) is 16.5 Å². The number of rotatable bonds is 4. The molecule has 0 saturated heterocycles. The van der Waals surface area contributed by atoms with E-state index in [-0.39, 0.29) is 11.3 Å². The maximum atomic E-state index is 12.2. The first-order chi connectivity index (χ1) is 10.9. The number of hydrazone groups is 1. The minimum absolute atomic E-state index is 0.0871. The molecule has 7 heteroatoms. The van der Waals surface area contributed by atoms with E-state index in [2.05, 4.69) is 33.1 Å². The third-order valence-corrected chi connectivity index (χ3v) is 3.99. The van der Waals surface area contributed by atoms with Crippen molar-refractivity contribution in [2.45, 2.75) is 13.8 Å². The highest BCUT2D eigenvalue weighted by Gasteiger charge is 2.17. The molecule has 0 aliphatic rings. The van der Waals surface area contributed by atoms with Gasteiger partial charge >= 0.3 is 0 Å². The maximum absolute atomic E-state index is 12.2. The summed E-state index contributed by atoms with van der Waals surface area (Å²) in [6.45, 7) is 3.33. The number of nitrogens with one attached hydrogen (secondary N) is 1. The molecule has 0 atom stereocenters. The van der Waals surface area contributed by atoms with Crippen molar-refractivity contribution in [1.82, 2.24) is 5.43 Å². The SMILES string of the molecule is C/C(=N/NC(=O)c1cccc([N+](=O)[O-])c1C)c1cccc(I)c1. The van der Waals surface area contributed by atoms with Gasteiger partial charge in [0.05, 0.1) is 16.2 Å². The highest BCUT2D eigenvalue weighted by Crippen LogP contribution is 2.20. The normalized spacial score (nSPS) is 11.2. The van der Waals surface area contributed by atoms with Crippen molar-refractivity contribution in [2.24, 2.45) is 5.10 Å². The lowest BCUT2D eigenvalue weighted by atomic mass is 10.1. The van der Waals surface area contributed by atoms with Gasteiger partial charge in [-0.05, 0) is 60.2 Å². The zero-order valence-electron chi connectivity index (χ0n) is 12.5. The Kier molecular flexibility index (Phi) is 5.43. The molecule has 23 heavy (non-hydrogen) atoms. The van der Waals surface area contributed by atoms with Crippen LogP contribution in [0.15, 0.2) is 47.6 Å². The largest absolute Gasteiger partial charge is 0.273 e. The summed E-state index contributed by atoms with van der Waals surface area (Å²) in [5.74, 6) is -0.476. The molecular formula is C16H14IN3O3. The minimum atomic E-state index is -0.507. The predicted molar refractivity (Wildman–Crippen MR) is 96.7 cm³/mol. The van der Waals surface area contributed by atoms with E-state index in [0.717, 1.165) is 9.13 Å². The lowest BCUT2D eigenvalue weighted by molar-refractivity contribution is -0.385. The summed E-state index contributed by atoms with van der Waals surface area (Å²) < 4.78 is 1.07. The molecule has 0 bridgehead atoms. The molecule has 0 saturated carbocycles. The number of nitrogens with zero attached hydrogens (tertiary/aromatic N) is 2. The summed E-state index contributed by atoms with van der Waals surface area (Å²) in [6.07, 6.45) is 0. The van der Waals surface area contributed by atoms with Gasteiger partial charge in [0, 0.05) is 15.2 Å².